The molecule has 5 nitrogen and oxygen atoms in total. The molecule has 2 heterocycles. The van der Waals surface area contributed by atoms with E-state index in [-0.39, 0.29) is 0 Å². The Labute approximate surface area is 107 Å². The third-order valence-electron chi connectivity index (χ3n) is 3.37. The Morgan fingerprint density at radius 2 is 2.28 bits per heavy atom. The summed E-state index contributed by atoms with van der Waals surface area (Å²) < 4.78 is 4.12. The van der Waals surface area contributed by atoms with Crippen LogP contribution in [0.2, 0.25) is 0 Å². The van der Waals surface area contributed by atoms with Crippen molar-refractivity contribution in [3.63, 3.8) is 0 Å². The molecule has 5 heteroatoms. The van der Waals surface area contributed by atoms with Crippen molar-refractivity contribution in [2.24, 2.45) is 7.05 Å². The molecule has 2 aromatic heterocycles. The molecule has 96 valence electrons. The zero-order chi connectivity index (χ0) is 12.5. The molecule has 0 amide bonds. The van der Waals surface area contributed by atoms with Crippen LogP contribution in [0.3, 0.4) is 0 Å². The number of anilines is 1. The highest BCUT2D eigenvalue weighted by molar-refractivity contribution is 5.31. The Morgan fingerprint density at radius 1 is 1.44 bits per heavy atom. The number of rotatable bonds is 5. The fraction of sp³-hybridized carbons (Fsp3) is 0.538. The average Bonchev–Trinajstić information content (AvgIpc) is 2.99. The van der Waals surface area contributed by atoms with Crippen molar-refractivity contribution in [2.45, 2.75) is 38.8 Å². The number of aryl methyl sites for hydroxylation is 2. The van der Waals surface area contributed by atoms with E-state index in [1.807, 2.05) is 17.9 Å². The molecule has 0 spiro atoms. The SMILES string of the molecule is CCc1nn(C)cc1CNc1nccn1C1CC1. The van der Waals surface area contributed by atoms with Crippen molar-refractivity contribution in [2.75, 3.05) is 5.32 Å². The van der Waals surface area contributed by atoms with Gasteiger partial charge < -0.3 is 9.88 Å². The summed E-state index contributed by atoms with van der Waals surface area (Å²) in [7, 11) is 1.97. The number of nitrogens with one attached hydrogen (secondary N) is 1. The summed E-state index contributed by atoms with van der Waals surface area (Å²) in [4.78, 5) is 4.38. The molecule has 18 heavy (non-hydrogen) atoms. The molecule has 0 atom stereocenters. The largest absolute Gasteiger partial charge is 0.351 e. The molecule has 1 saturated carbocycles. The maximum Gasteiger partial charge on any atom is 0.203 e. The van der Waals surface area contributed by atoms with E-state index >= 15 is 0 Å². The summed E-state index contributed by atoms with van der Waals surface area (Å²) >= 11 is 0. The molecule has 0 saturated heterocycles. The van der Waals surface area contributed by atoms with Gasteiger partial charge in [-0.2, -0.15) is 5.10 Å². The summed E-state index contributed by atoms with van der Waals surface area (Å²) in [5.74, 6) is 0.975. The lowest BCUT2D eigenvalue weighted by atomic mass is 10.2. The minimum Gasteiger partial charge on any atom is -0.351 e. The zero-order valence-corrected chi connectivity index (χ0v) is 10.9. The van der Waals surface area contributed by atoms with Crippen LogP contribution in [0.25, 0.3) is 0 Å². The molecular weight excluding hydrogens is 226 g/mol. The number of imidazole rings is 1. The minimum absolute atomic E-state index is 0.662. The topological polar surface area (TPSA) is 47.7 Å². The third kappa shape index (κ3) is 2.12. The molecule has 0 aromatic carbocycles. The van der Waals surface area contributed by atoms with Crippen LogP contribution in [0, 0.1) is 0 Å². The fourth-order valence-corrected chi connectivity index (χ4v) is 2.30. The number of hydrogen-bond donors (Lipinski definition) is 1. The fourth-order valence-electron chi connectivity index (χ4n) is 2.30. The summed E-state index contributed by atoms with van der Waals surface area (Å²) in [6.45, 7) is 2.93. The normalized spacial score (nSPS) is 15.0. The van der Waals surface area contributed by atoms with E-state index in [2.05, 4.69) is 39.3 Å². The molecule has 1 N–H and O–H groups in total. The van der Waals surface area contributed by atoms with Crippen LogP contribution in [0.5, 0.6) is 0 Å². The van der Waals surface area contributed by atoms with Crippen molar-refractivity contribution >= 4 is 5.95 Å². The van der Waals surface area contributed by atoms with Gasteiger partial charge in [0, 0.05) is 43.8 Å². The standard InChI is InChI=1S/C13H19N5/c1-3-12-10(9-17(2)16-12)8-15-13-14-6-7-18(13)11-4-5-11/h6-7,9,11H,3-5,8H2,1-2H3,(H,14,15). The van der Waals surface area contributed by atoms with E-state index in [1.165, 1.54) is 18.4 Å². The quantitative estimate of drug-likeness (QED) is 0.877. The number of aromatic nitrogens is 4. The maximum atomic E-state index is 4.45. The van der Waals surface area contributed by atoms with Crippen LogP contribution in [0.1, 0.15) is 37.1 Å². The molecule has 1 aliphatic rings. The monoisotopic (exact) mass is 245 g/mol. The van der Waals surface area contributed by atoms with Crippen LogP contribution in [-0.2, 0) is 20.0 Å². The Hall–Kier alpha value is -1.78. The molecule has 0 unspecified atom stereocenters. The van der Waals surface area contributed by atoms with Crippen LogP contribution in [0.15, 0.2) is 18.6 Å². The van der Waals surface area contributed by atoms with E-state index in [9.17, 15) is 0 Å². The van der Waals surface area contributed by atoms with Crippen LogP contribution < -0.4 is 5.32 Å². The van der Waals surface area contributed by atoms with Gasteiger partial charge in [-0.3, -0.25) is 4.68 Å². The second-order valence-electron chi connectivity index (χ2n) is 4.87. The van der Waals surface area contributed by atoms with Crippen molar-refractivity contribution in [3.05, 3.63) is 29.8 Å². The van der Waals surface area contributed by atoms with Crippen LogP contribution in [-0.4, -0.2) is 19.3 Å². The Balaban J connectivity index is 1.71. The van der Waals surface area contributed by atoms with Gasteiger partial charge in [0.1, 0.15) is 0 Å². The molecule has 0 bridgehead atoms. The first-order valence-corrected chi connectivity index (χ1v) is 6.56. The molecule has 1 aliphatic carbocycles. The smallest absolute Gasteiger partial charge is 0.203 e. The van der Waals surface area contributed by atoms with Gasteiger partial charge in [-0.1, -0.05) is 6.92 Å². The second-order valence-corrected chi connectivity index (χ2v) is 4.87. The Morgan fingerprint density at radius 3 is 3.00 bits per heavy atom. The van der Waals surface area contributed by atoms with Crippen molar-refractivity contribution < 1.29 is 0 Å². The first-order valence-electron chi connectivity index (χ1n) is 6.56. The minimum atomic E-state index is 0.662. The van der Waals surface area contributed by atoms with E-state index in [0.717, 1.165) is 24.6 Å². The predicted octanol–water partition coefficient (Wildman–Crippen LogP) is 2.13. The van der Waals surface area contributed by atoms with Gasteiger partial charge in [-0.15, -0.1) is 0 Å². The first kappa shape index (κ1) is 11.3. The van der Waals surface area contributed by atoms with Gasteiger partial charge in [0.25, 0.3) is 0 Å². The Kier molecular flexibility index (Phi) is 2.81. The molecule has 1 fully saturated rings. The lowest BCUT2D eigenvalue weighted by molar-refractivity contribution is 0.743. The van der Waals surface area contributed by atoms with Crippen molar-refractivity contribution in [1.29, 1.82) is 0 Å². The molecule has 3 rings (SSSR count). The summed E-state index contributed by atoms with van der Waals surface area (Å²) in [5, 5.41) is 7.87. The number of hydrogen-bond acceptors (Lipinski definition) is 3. The lowest BCUT2D eigenvalue weighted by Crippen LogP contribution is -2.07. The molecule has 2 aromatic rings. The van der Waals surface area contributed by atoms with Gasteiger partial charge in [-0.25, -0.2) is 4.98 Å². The third-order valence-corrected chi connectivity index (χ3v) is 3.37. The van der Waals surface area contributed by atoms with Crippen molar-refractivity contribution in [1.82, 2.24) is 19.3 Å². The second kappa shape index (κ2) is 4.48. The highest BCUT2D eigenvalue weighted by Gasteiger charge is 2.25. The molecular formula is C13H19N5. The van der Waals surface area contributed by atoms with E-state index < -0.39 is 0 Å². The zero-order valence-electron chi connectivity index (χ0n) is 10.9. The van der Waals surface area contributed by atoms with Crippen molar-refractivity contribution in [3.8, 4) is 0 Å². The summed E-state index contributed by atoms with van der Waals surface area (Å²) in [6.07, 6.45) is 9.52. The molecule has 0 radical (unpaired) electrons. The average molecular weight is 245 g/mol. The van der Waals surface area contributed by atoms with E-state index in [0.29, 0.717) is 6.04 Å². The summed E-state index contributed by atoms with van der Waals surface area (Å²) in [5.41, 5.74) is 2.42. The van der Waals surface area contributed by atoms with E-state index in [4.69, 9.17) is 0 Å². The van der Waals surface area contributed by atoms with Gasteiger partial charge in [-0.05, 0) is 19.3 Å². The van der Waals surface area contributed by atoms with Crippen LogP contribution in [0.4, 0.5) is 5.95 Å². The highest BCUT2D eigenvalue weighted by atomic mass is 15.3. The van der Waals surface area contributed by atoms with Gasteiger partial charge in [0.05, 0.1) is 5.69 Å². The molecule has 0 aliphatic heterocycles. The first-order chi connectivity index (χ1) is 8.78. The highest BCUT2D eigenvalue weighted by Crippen LogP contribution is 2.36. The van der Waals surface area contributed by atoms with Gasteiger partial charge in [0.2, 0.25) is 5.95 Å². The predicted molar refractivity (Wildman–Crippen MR) is 70.4 cm³/mol. The Bertz CT molecular complexity index is 535. The lowest BCUT2D eigenvalue weighted by Gasteiger charge is -2.08. The van der Waals surface area contributed by atoms with E-state index in [1.54, 1.807) is 0 Å². The summed E-state index contributed by atoms with van der Waals surface area (Å²) in [6, 6.07) is 0.662. The van der Waals surface area contributed by atoms with Crippen LogP contribution >= 0.6 is 0 Å². The maximum absolute atomic E-state index is 4.45. The number of nitrogens with zero attached hydrogens (tertiary/aromatic N) is 4. The van der Waals surface area contributed by atoms with Gasteiger partial charge in [0.15, 0.2) is 0 Å². The van der Waals surface area contributed by atoms with Gasteiger partial charge >= 0.3 is 0 Å².